The zero-order chi connectivity index (χ0) is 14.8. The maximum absolute atomic E-state index is 6.00. The first kappa shape index (κ1) is 14.5. The van der Waals surface area contributed by atoms with Crippen molar-refractivity contribution in [1.29, 1.82) is 0 Å². The van der Waals surface area contributed by atoms with Gasteiger partial charge in [0.1, 0.15) is 5.82 Å². The van der Waals surface area contributed by atoms with Gasteiger partial charge >= 0.3 is 0 Å². The molecule has 2 aromatic carbocycles. The van der Waals surface area contributed by atoms with Crippen LogP contribution in [0.25, 0.3) is 11.3 Å². The van der Waals surface area contributed by atoms with Gasteiger partial charge in [-0.1, -0.05) is 46.9 Å². The fraction of sp³-hybridized carbons (Fsp3) is 0.0625. The van der Waals surface area contributed by atoms with E-state index in [0.29, 0.717) is 21.5 Å². The van der Waals surface area contributed by atoms with Crippen molar-refractivity contribution in [2.45, 2.75) is 6.42 Å². The summed E-state index contributed by atoms with van der Waals surface area (Å²) in [6.45, 7) is 0. The Balaban J connectivity index is 1.83. The van der Waals surface area contributed by atoms with Gasteiger partial charge in [-0.15, -0.1) is 0 Å². The maximum Gasteiger partial charge on any atom is 0.110 e. The summed E-state index contributed by atoms with van der Waals surface area (Å²) in [5.74, 6) is 0.860. The van der Waals surface area contributed by atoms with E-state index < -0.39 is 0 Å². The molecular formula is C16H11Cl3N2. The van der Waals surface area contributed by atoms with Gasteiger partial charge in [0.15, 0.2) is 0 Å². The molecule has 0 aliphatic rings. The van der Waals surface area contributed by atoms with Crippen LogP contribution in [-0.4, -0.2) is 9.97 Å². The van der Waals surface area contributed by atoms with Gasteiger partial charge < -0.3 is 4.98 Å². The van der Waals surface area contributed by atoms with Crippen molar-refractivity contribution in [3.05, 3.63) is 75.1 Å². The summed E-state index contributed by atoms with van der Waals surface area (Å²) < 4.78 is 0. The van der Waals surface area contributed by atoms with Gasteiger partial charge in [0.25, 0.3) is 0 Å². The second kappa shape index (κ2) is 6.10. The summed E-state index contributed by atoms with van der Waals surface area (Å²) in [5.41, 5.74) is 3.02. The lowest BCUT2D eigenvalue weighted by Crippen LogP contribution is -1.91. The van der Waals surface area contributed by atoms with Crippen LogP contribution < -0.4 is 0 Å². The smallest absolute Gasteiger partial charge is 0.110 e. The summed E-state index contributed by atoms with van der Waals surface area (Å²) in [7, 11) is 0. The van der Waals surface area contributed by atoms with Gasteiger partial charge in [0.2, 0.25) is 0 Å². The number of imidazole rings is 1. The molecule has 0 aliphatic heterocycles. The highest BCUT2D eigenvalue weighted by Gasteiger charge is 2.06. The molecule has 0 aliphatic carbocycles. The van der Waals surface area contributed by atoms with Crippen LogP contribution in [0.5, 0.6) is 0 Å². The third-order valence-electron chi connectivity index (χ3n) is 3.08. The molecule has 0 amide bonds. The van der Waals surface area contributed by atoms with Gasteiger partial charge in [0.05, 0.1) is 11.9 Å². The van der Waals surface area contributed by atoms with Gasteiger partial charge in [-0.05, 0) is 41.5 Å². The molecule has 0 unspecified atom stereocenters. The Morgan fingerprint density at radius 3 is 2.19 bits per heavy atom. The van der Waals surface area contributed by atoms with Gasteiger partial charge in [0, 0.05) is 21.5 Å². The van der Waals surface area contributed by atoms with Crippen molar-refractivity contribution in [2.75, 3.05) is 0 Å². The molecule has 3 aromatic rings. The third-order valence-corrected chi connectivity index (χ3v) is 3.77. The Bertz CT molecular complexity index is 743. The van der Waals surface area contributed by atoms with Crippen LogP contribution >= 0.6 is 34.8 Å². The number of hydrogen-bond acceptors (Lipinski definition) is 1. The quantitative estimate of drug-likeness (QED) is 0.659. The largest absolute Gasteiger partial charge is 0.342 e. The number of H-pyrrole nitrogens is 1. The summed E-state index contributed by atoms with van der Waals surface area (Å²) in [6, 6.07) is 13.1. The number of nitrogens with zero attached hydrogens (tertiary/aromatic N) is 1. The van der Waals surface area contributed by atoms with E-state index in [1.165, 1.54) is 0 Å². The molecule has 0 bridgehead atoms. The average Bonchev–Trinajstić information content (AvgIpc) is 2.87. The van der Waals surface area contributed by atoms with Gasteiger partial charge in [-0.25, -0.2) is 4.98 Å². The summed E-state index contributed by atoms with van der Waals surface area (Å²) >= 11 is 17.9. The summed E-state index contributed by atoms with van der Waals surface area (Å²) in [4.78, 5) is 7.69. The lowest BCUT2D eigenvalue weighted by molar-refractivity contribution is 1.03. The van der Waals surface area contributed by atoms with Gasteiger partial charge in [-0.3, -0.25) is 0 Å². The molecule has 2 nitrogen and oxygen atoms in total. The van der Waals surface area contributed by atoms with E-state index in [-0.39, 0.29) is 0 Å². The molecule has 1 aromatic heterocycles. The van der Waals surface area contributed by atoms with Crippen molar-refractivity contribution in [2.24, 2.45) is 0 Å². The molecular weight excluding hydrogens is 327 g/mol. The summed E-state index contributed by atoms with van der Waals surface area (Å²) in [5, 5.41) is 1.97. The number of aromatic amines is 1. The number of benzene rings is 2. The van der Waals surface area contributed by atoms with E-state index in [2.05, 4.69) is 9.97 Å². The van der Waals surface area contributed by atoms with Crippen LogP contribution in [0.3, 0.4) is 0 Å². The number of aromatic nitrogens is 2. The third kappa shape index (κ3) is 3.59. The molecule has 106 valence electrons. The lowest BCUT2D eigenvalue weighted by Gasteiger charge is -2.01. The Morgan fingerprint density at radius 2 is 1.52 bits per heavy atom. The van der Waals surface area contributed by atoms with E-state index in [1.807, 2.05) is 42.6 Å². The zero-order valence-corrected chi connectivity index (χ0v) is 13.2. The van der Waals surface area contributed by atoms with Crippen molar-refractivity contribution >= 4 is 34.8 Å². The van der Waals surface area contributed by atoms with Crippen molar-refractivity contribution < 1.29 is 0 Å². The van der Waals surface area contributed by atoms with Crippen molar-refractivity contribution in [1.82, 2.24) is 9.97 Å². The topological polar surface area (TPSA) is 28.7 Å². The fourth-order valence-electron chi connectivity index (χ4n) is 2.13. The van der Waals surface area contributed by atoms with Crippen LogP contribution in [0.2, 0.25) is 15.1 Å². The Morgan fingerprint density at radius 1 is 0.857 bits per heavy atom. The maximum atomic E-state index is 6.00. The van der Waals surface area contributed by atoms with Crippen LogP contribution in [0.4, 0.5) is 0 Å². The molecule has 0 atom stereocenters. The minimum atomic E-state index is 0.627. The van der Waals surface area contributed by atoms with E-state index in [9.17, 15) is 0 Å². The van der Waals surface area contributed by atoms with Crippen LogP contribution in [-0.2, 0) is 6.42 Å². The van der Waals surface area contributed by atoms with Gasteiger partial charge in [-0.2, -0.15) is 0 Å². The first-order valence-corrected chi connectivity index (χ1v) is 7.48. The molecule has 0 saturated heterocycles. The SMILES string of the molecule is Clc1ccc(-c2cnc(Cc3cc(Cl)cc(Cl)c3)[nH]2)cc1. The molecule has 5 heteroatoms. The molecule has 1 N–H and O–H groups in total. The summed E-state index contributed by atoms with van der Waals surface area (Å²) in [6.07, 6.45) is 2.46. The molecule has 0 fully saturated rings. The highest BCUT2D eigenvalue weighted by Crippen LogP contribution is 2.23. The zero-order valence-electron chi connectivity index (χ0n) is 10.9. The van der Waals surface area contributed by atoms with E-state index in [1.54, 1.807) is 6.07 Å². The highest BCUT2D eigenvalue weighted by atomic mass is 35.5. The fourth-order valence-corrected chi connectivity index (χ4v) is 2.83. The Kier molecular flexibility index (Phi) is 4.20. The van der Waals surface area contributed by atoms with Crippen molar-refractivity contribution in [3.63, 3.8) is 0 Å². The minimum absolute atomic E-state index is 0.627. The number of halogens is 3. The second-order valence-electron chi connectivity index (χ2n) is 4.70. The molecule has 1 heterocycles. The molecule has 3 rings (SSSR count). The highest BCUT2D eigenvalue weighted by molar-refractivity contribution is 6.34. The monoisotopic (exact) mass is 336 g/mol. The second-order valence-corrected chi connectivity index (χ2v) is 6.01. The minimum Gasteiger partial charge on any atom is -0.342 e. The molecule has 0 saturated carbocycles. The Labute approximate surface area is 137 Å². The van der Waals surface area contributed by atoms with E-state index in [4.69, 9.17) is 34.8 Å². The molecule has 21 heavy (non-hydrogen) atoms. The molecule has 0 radical (unpaired) electrons. The first-order chi connectivity index (χ1) is 10.1. The number of nitrogens with one attached hydrogen (secondary N) is 1. The van der Waals surface area contributed by atoms with Crippen LogP contribution in [0, 0.1) is 0 Å². The lowest BCUT2D eigenvalue weighted by atomic mass is 10.1. The normalized spacial score (nSPS) is 10.8. The van der Waals surface area contributed by atoms with E-state index >= 15 is 0 Å². The van der Waals surface area contributed by atoms with Crippen molar-refractivity contribution in [3.8, 4) is 11.3 Å². The number of hydrogen-bond donors (Lipinski definition) is 1. The van der Waals surface area contributed by atoms with Crippen LogP contribution in [0.1, 0.15) is 11.4 Å². The first-order valence-electron chi connectivity index (χ1n) is 6.35. The average molecular weight is 338 g/mol. The standard InChI is InChI=1S/C16H11Cl3N2/c17-12-3-1-11(2-4-12)15-9-20-16(21-15)7-10-5-13(18)8-14(19)6-10/h1-6,8-9H,7H2,(H,20,21). The van der Waals surface area contributed by atoms with E-state index in [0.717, 1.165) is 22.6 Å². The molecule has 0 spiro atoms. The van der Waals surface area contributed by atoms with Crippen LogP contribution in [0.15, 0.2) is 48.7 Å². The predicted octanol–water partition coefficient (Wildman–Crippen LogP) is 5.63. The number of rotatable bonds is 3. The Hall–Kier alpha value is -1.48. The predicted molar refractivity (Wildman–Crippen MR) is 88.3 cm³/mol.